The van der Waals surface area contributed by atoms with E-state index in [0.717, 1.165) is 35.2 Å². The highest BCUT2D eigenvalue weighted by Gasteiger charge is 2.18. The van der Waals surface area contributed by atoms with Crippen LogP contribution >= 0.6 is 35.6 Å². The van der Waals surface area contributed by atoms with Gasteiger partial charge in [0.25, 0.3) is 0 Å². The summed E-state index contributed by atoms with van der Waals surface area (Å²) in [5, 5.41) is 4.93. The number of nitrogens with zero attached hydrogens (tertiary/aromatic N) is 1. The largest absolute Gasteiger partial charge is 0.317 e. The van der Waals surface area contributed by atoms with E-state index in [4.69, 9.17) is 23.2 Å². The molecule has 5 heteroatoms. The van der Waals surface area contributed by atoms with Gasteiger partial charge in [0.2, 0.25) is 0 Å². The fraction of sp³-hybridized carbons (Fsp3) is 0.538. The Balaban J connectivity index is 0.00000162. The van der Waals surface area contributed by atoms with E-state index in [9.17, 15) is 0 Å². The van der Waals surface area contributed by atoms with Crippen LogP contribution in [0.3, 0.4) is 0 Å². The van der Waals surface area contributed by atoms with Crippen LogP contribution in [0.2, 0.25) is 10.0 Å². The van der Waals surface area contributed by atoms with Gasteiger partial charge in [-0.2, -0.15) is 0 Å². The van der Waals surface area contributed by atoms with Gasteiger partial charge in [-0.25, -0.2) is 0 Å². The number of hydrogen-bond acceptors (Lipinski definition) is 2. The second-order valence-corrected chi connectivity index (χ2v) is 5.48. The van der Waals surface area contributed by atoms with Gasteiger partial charge in [-0.05, 0) is 56.7 Å². The lowest BCUT2D eigenvalue weighted by molar-refractivity contribution is 0.192. The van der Waals surface area contributed by atoms with E-state index >= 15 is 0 Å². The van der Waals surface area contributed by atoms with Crippen LogP contribution in [0.5, 0.6) is 0 Å². The Labute approximate surface area is 125 Å². The summed E-state index contributed by atoms with van der Waals surface area (Å²) in [7, 11) is 2.16. The van der Waals surface area contributed by atoms with Crippen LogP contribution in [0.4, 0.5) is 0 Å². The van der Waals surface area contributed by atoms with Crippen molar-refractivity contribution < 1.29 is 0 Å². The highest BCUT2D eigenvalue weighted by atomic mass is 35.5. The molecule has 1 heterocycles. The minimum atomic E-state index is 0. The van der Waals surface area contributed by atoms with E-state index in [1.54, 1.807) is 0 Å². The van der Waals surface area contributed by atoms with Crippen molar-refractivity contribution in [3.63, 3.8) is 0 Å². The third kappa shape index (κ3) is 4.29. The van der Waals surface area contributed by atoms with Crippen LogP contribution in [0.15, 0.2) is 18.2 Å². The molecule has 18 heavy (non-hydrogen) atoms. The molecule has 0 atom stereocenters. The van der Waals surface area contributed by atoms with Crippen molar-refractivity contribution in [2.45, 2.75) is 25.4 Å². The summed E-state index contributed by atoms with van der Waals surface area (Å²) in [5.41, 5.74) is 1.11. The monoisotopic (exact) mass is 308 g/mol. The Morgan fingerprint density at radius 1 is 1.28 bits per heavy atom. The number of halogens is 3. The standard InChI is InChI=1S/C13H18Cl2N2.ClH/c1-17(12-4-6-16-7-5-12)9-10-8-11(14)2-3-13(10)15;/h2-3,8,12,16H,4-7,9H2,1H3;1H. The Bertz CT molecular complexity index is 378. The second kappa shape index (κ2) is 7.56. The molecule has 2 nitrogen and oxygen atoms in total. The number of hydrogen-bond donors (Lipinski definition) is 1. The number of benzene rings is 1. The van der Waals surface area contributed by atoms with Gasteiger partial charge in [-0.1, -0.05) is 23.2 Å². The third-order valence-electron chi connectivity index (χ3n) is 3.36. The predicted molar refractivity (Wildman–Crippen MR) is 81.1 cm³/mol. The molecule has 0 saturated carbocycles. The number of piperidine rings is 1. The van der Waals surface area contributed by atoms with Gasteiger partial charge >= 0.3 is 0 Å². The topological polar surface area (TPSA) is 15.3 Å². The van der Waals surface area contributed by atoms with Gasteiger partial charge in [-0.15, -0.1) is 12.4 Å². The molecule has 0 unspecified atom stereocenters. The average molecular weight is 310 g/mol. The molecule has 0 aromatic heterocycles. The Morgan fingerprint density at radius 2 is 1.94 bits per heavy atom. The van der Waals surface area contributed by atoms with Crippen LogP contribution in [0, 0.1) is 0 Å². The molecule has 0 spiro atoms. The molecule has 1 N–H and O–H groups in total. The zero-order valence-corrected chi connectivity index (χ0v) is 12.8. The first-order valence-corrected chi connectivity index (χ1v) is 6.77. The van der Waals surface area contributed by atoms with E-state index in [-0.39, 0.29) is 12.4 Å². The fourth-order valence-electron chi connectivity index (χ4n) is 2.31. The third-order valence-corrected chi connectivity index (χ3v) is 3.96. The molecule has 0 aliphatic carbocycles. The van der Waals surface area contributed by atoms with Crippen molar-refractivity contribution in [3.05, 3.63) is 33.8 Å². The zero-order valence-electron chi connectivity index (χ0n) is 10.5. The smallest absolute Gasteiger partial charge is 0.0452 e. The summed E-state index contributed by atoms with van der Waals surface area (Å²) in [6, 6.07) is 6.31. The van der Waals surface area contributed by atoms with Crippen molar-refractivity contribution in [2.75, 3.05) is 20.1 Å². The van der Waals surface area contributed by atoms with E-state index in [2.05, 4.69) is 17.3 Å². The van der Waals surface area contributed by atoms with Gasteiger partial charge in [0, 0.05) is 22.6 Å². The number of nitrogens with one attached hydrogen (secondary N) is 1. The lowest BCUT2D eigenvalue weighted by Crippen LogP contribution is -2.40. The van der Waals surface area contributed by atoms with Crippen molar-refractivity contribution >= 4 is 35.6 Å². The van der Waals surface area contributed by atoms with E-state index in [0.29, 0.717) is 6.04 Å². The van der Waals surface area contributed by atoms with Gasteiger partial charge in [0.1, 0.15) is 0 Å². The quantitative estimate of drug-likeness (QED) is 0.918. The molecule has 0 amide bonds. The summed E-state index contributed by atoms with van der Waals surface area (Å²) in [4.78, 5) is 2.37. The molecule has 2 rings (SSSR count). The molecule has 0 radical (unpaired) electrons. The second-order valence-electron chi connectivity index (χ2n) is 4.63. The van der Waals surface area contributed by atoms with Gasteiger partial charge in [0.15, 0.2) is 0 Å². The van der Waals surface area contributed by atoms with Crippen molar-refractivity contribution in [3.8, 4) is 0 Å². The molecular weight excluding hydrogens is 291 g/mol. The minimum Gasteiger partial charge on any atom is -0.317 e. The molecule has 1 fully saturated rings. The Morgan fingerprint density at radius 3 is 2.61 bits per heavy atom. The summed E-state index contributed by atoms with van der Waals surface area (Å²) < 4.78 is 0. The Kier molecular flexibility index (Phi) is 6.75. The van der Waals surface area contributed by atoms with E-state index in [1.807, 2.05) is 18.2 Å². The van der Waals surface area contributed by atoms with Crippen LogP contribution in [0.25, 0.3) is 0 Å². The number of rotatable bonds is 3. The lowest BCUT2D eigenvalue weighted by Gasteiger charge is -2.31. The highest BCUT2D eigenvalue weighted by Crippen LogP contribution is 2.23. The lowest BCUT2D eigenvalue weighted by atomic mass is 10.0. The SMILES string of the molecule is CN(Cc1cc(Cl)ccc1Cl)C1CCNCC1.Cl. The summed E-state index contributed by atoms with van der Waals surface area (Å²) in [6.45, 7) is 3.08. The molecule has 1 aliphatic heterocycles. The predicted octanol–water partition coefficient (Wildman–Crippen LogP) is 3.60. The summed E-state index contributed by atoms with van der Waals surface area (Å²) in [6.07, 6.45) is 2.41. The molecule has 102 valence electrons. The maximum absolute atomic E-state index is 6.18. The first-order valence-electron chi connectivity index (χ1n) is 6.01. The maximum atomic E-state index is 6.18. The first-order chi connectivity index (χ1) is 8.16. The molecule has 1 saturated heterocycles. The van der Waals surface area contributed by atoms with Crippen LogP contribution in [0.1, 0.15) is 18.4 Å². The van der Waals surface area contributed by atoms with Crippen molar-refractivity contribution in [1.82, 2.24) is 10.2 Å². The first kappa shape index (κ1) is 16.1. The fourth-order valence-corrected chi connectivity index (χ4v) is 2.68. The molecule has 1 aromatic rings. The minimum absolute atomic E-state index is 0. The Hall–Kier alpha value is 0.01000. The van der Waals surface area contributed by atoms with Gasteiger partial charge in [0.05, 0.1) is 0 Å². The van der Waals surface area contributed by atoms with E-state index in [1.165, 1.54) is 12.8 Å². The normalized spacial score (nSPS) is 16.7. The van der Waals surface area contributed by atoms with Gasteiger partial charge < -0.3 is 5.32 Å². The van der Waals surface area contributed by atoms with Crippen LogP contribution in [-0.2, 0) is 6.54 Å². The molecule has 1 aliphatic rings. The zero-order chi connectivity index (χ0) is 12.3. The van der Waals surface area contributed by atoms with Gasteiger partial charge in [-0.3, -0.25) is 4.90 Å². The molecule has 1 aromatic carbocycles. The molecular formula is C13H19Cl3N2. The van der Waals surface area contributed by atoms with Crippen molar-refractivity contribution in [2.24, 2.45) is 0 Å². The molecule has 0 bridgehead atoms. The summed E-state index contributed by atoms with van der Waals surface area (Å²) in [5.74, 6) is 0. The van der Waals surface area contributed by atoms with Crippen molar-refractivity contribution in [1.29, 1.82) is 0 Å². The van der Waals surface area contributed by atoms with Crippen LogP contribution in [-0.4, -0.2) is 31.1 Å². The highest BCUT2D eigenvalue weighted by molar-refractivity contribution is 6.33. The summed E-state index contributed by atoms with van der Waals surface area (Å²) >= 11 is 12.2. The van der Waals surface area contributed by atoms with E-state index < -0.39 is 0 Å². The average Bonchev–Trinajstić information content (AvgIpc) is 2.35. The van der Waals surface area contributed by atoms with Crippen LogP contribution < -0.4 is 5.32 Å². The maximum Gasteiger partial charge on any atom is 0.0452 e.